The standard InChI is InChI=1S/C20H25N5O3S2/c1-12(17(27)28-4)21-19-23-15-14(30-19)16(25-20(2,3)11-26)24-18(22-15)29-10-13-8-6-5-7-9-13/h5-9,12,26H,10-11H2,1-4H3,(H2,21,22,23,24,25). The van der Waals surface area contributed by atoms with Crippen LogP contribution >= 0.6 is 23.1 Å². The number of anilines is 2. The molecule has 3 rings (SSSR count). The number of esters is 1. The summed E-state index contributed by atoms with van der Waals surface area (Å²) in [5.41, 5.74) is 1.13. The number of hydrogen-bond acceptors (Lipinski definition) is 10. The summed E-state index contributed by atoms with van der Waals surface area (Å²) in [7, 11) is 1.35. The molecule has 2 heterocycles. The molecule has 1 aromatic carbocycles. The molecule has 2 aromatic heterocycles. The van der Waals surface area contributed by atoms with Gasteiger partial charge >= 0.3 is 5.97 Å². The minimum Gasteiger partial charge on any atom is -0.467 e. The zero-order chi connectivity index (χ0) is 21.7. The van der Waals surface area contributed by atoms with E-state index >= 15 is 0 Å². The van der Waals surface area contributed by atoms with Crippen LogP contribution in [0.15, 0.2) is 35.5 Å². The Morgan fingerprint density at radius 2 is 2.00 bits per heavy atom. The van der Waals surface area contributed by atoms with Crippen molar-refractivity contribution in [2.45, 2.75) is 43.3 Å². The number of carbonyl (C=O) groups is 1. The average molecular weight is 448 g/mol. The monoisotopic (exact) mass is 447 g/mol. The third kappa shape index (κ3) is 5.59. The topological polar surface area (TPSA) is 109 Å². The van der Waals surface area contributed by atoms with Crippen LogP contribution < -0.4 is 10.6 Å². The second-order valence-corrected chi connectivity index (χ2v) is 9.30. The highest BCUT2D eigenvalue weighted by atomic mass is 32.2. The minimum atomic E-state index is -0.570. The fraction of sp³-hybridized carbons (Fsp3) is 0.400. The SMILES string of the molecule is COC(=O)C(C)Nc1nc2nc(SCc3ccccc3)nc(NC(C)(C)CO)c2s1. The van der Waals surface area contributed by atoms with Crippen LogP contribution in [0.2, 0.25) is 0 Å². The Labute approximate surface area is 183 Å². The van der Waals surface area contributed by atoms with Gasteiger partial charge in [0, 0.05) is 5.75 Å². The maximum absolute atomic E-state index is 11.7. The largest absolute Gasteiger partial charge is 0.467 e. The average Bonchev–Trinajstić information content (AvgIpc) is 3.14. The number of fused-ring (bicyclic) bond motifs is 1. The molecule has 0 saturated heterocycles. The Morgan fingerprint density at radius 3 is 2.67 bits per heavy atom. The van der Waals surface area contributed by atoms with Crippen molar-refractivity contribution in [1.29, 1.82) is 0 Å². The highest BCUT2D eigenvalue weighted by Gasteiger charge is 2.22. The number of nitrogens with zero attached hydrogens (tertiary/aromatic N) is 3. The number of benzene rings is 1. The first-order valence-electron chi connectivity index (χ1n) is 9.40. The first kappa shape index (κ1) is 22.3. The Morgan fingerprint density at radius 1 is 1.27 bits per heavy atom. The Bertz CT molecular complexity index is 1010. The lowest BCUT2D eigenvalue weighted by Gasteiger charge is -2.24. The van der Waals surface area contributed by atoms with E-state index in [0.717, 1.165) is 10.5 Å². The first-order chi connectivity index (χ1) is 14.3. The summed E-state index contributed by atoms with van der Waals surface area (Å²) in [4.78, 5) is 25.5. The van der Waals surface area contributed by atoms with Crippen LogP contribution in [-0.4, -0.2) is 51.3 Å². The third-order valence-corrected chi connectivity index (χ3v) is 6.09. The number of aliphatic hydroxyl groups is 1. The van der Waals surface area contributed by atoms with Gasteiger partial charge in [0.2, 0.25) is 0 Å². The van der Waals surface area contributed by atoms with Crippen LogP contribution in [0, 0.1) is 0 Å². The van der Waals surface area contributed by atoms with Crippen molar-refractivity contribution in [3.63, 3.8) is 0 Å². The minimum absolute atomic E-state index is 0.0612. The predicted octanol–water partition coefficient (Wildman–Crippen LogP) is 3.53. The van der Waals surface area contributed by atoms with E-state index in [0.29, 0.717) is 21.8 Å². The number of hydrogen-bond donors (Lipinski definition) is 3. The van der Waals surface area contributed by atoms with E-state index in [1.165, 1.54) is 35.8 Å². The number of carbonyl (C=O) groups excluding carboxylic acids is 1. The third-order valence-electron chi connectivity index (χ3n) is 4.19. The molecular weight excluding hydrogens is 422 g/mol. The summed E-state index contributed by atoms with van der Waals surface area (Å²) in [5, 5.41) is 17.1. The van der Waals surface area contributed by atoms with Crippen molar-refractivity contribution in [3.05, 3.63) is 35.9 Å². The second kappa shape index (κ2) is 9.59. The summed E-state index contributed by atoms with van der Waals surface area (Å²) < 4.78 is 5.51. The fourth-order valence-electron chi connectivity index (χ4n) is 2.52. The van der Waals surface area contributed by atoms with Crippen molar-refractivity contribution in [2.24, 2.45) is 0 Å². The zero-order valence-corrected chi connectivity index (χ0v) is 18.9. The van der Waals surface area contributed by atoms with E-state index in [1.54, 1.807) is 6.92 Å². The Balaban J connectivity index is 1.92. The van der Waals surface area contributed by atoms with Crippen LogP contribution in [0.5, 0.6) is 0 Å². The molecule has 0 aliphatic carbocycles. The molecule has 3 N–H and O–H groups in total. The Kier molecular flexibility index (Phi) is 7.11. The molecule has 1 unspecified atom stereocenters. The molecule has 0 radical (unpaired) electrons. The molecule has 0 bridgehead atoms. The number of thiazole rings is 1. The van der Waals surface area contributed by atoms with Crippen molar-refractivity contribution in [2.75, 3.05) is 24.4 Å². The summed E-state index contributed by atoms with van der Waals surface area (Å²) >= 11 is 2.86. The van der Waals surface area contributed by atoms with Crippen LogP contribution in [0.4, 0.5) is 10.9 Å². The zero-order valence-electron chi connectivity index (χ0n) is 17.3. The van der Waals surface area contributed by atoms with Gasteiger partial charge < -0.3 is 20.5 Å². The molecule has 3 aromatic rings. The molecule has 160 valence electrons. The fourth-order valence-corrected chi connectivity index (χ4v) is 4.25. The molecule has 30 heavy (non-hydrogen) atoms. The van der Waals surface area contributed by atoms with Gasteiger partial charge in [-0.3, -0.25) is 0 Å². The lowest BCUT2D eigenvalue weighted by atomic mass is 10.1. The van der Waals surface area contributed by atoms with E-state index in [4.69, 9.17) is 4.74 Å². The number of rotatable bonds is 9. The predicted molar refractivity (Wildman–Crippen MR) is 121 cm³/mol. The number of aromatic nitrogens is 3. The van der Waals surface area contributed by atoms with E-state index in [2.05, 4.69) is 37.7 Å². The van der Waals surface area contributed by atoms with Crippen LogP contribution in [0.25, 0.3) is 10.3 Å². The maximum Gasteiger partial charge on any atom is 0.328 e. The first-order valence-corrected chi connectivity index (χ1v) is 11.2. The summed E-state index contributed by atoms with van der Waals surface area (Å²) in [6.45, 7) is 5.42. The molecular formula is C20H25N5O3S2. The van der Waals surface area contributed by atoms with E-state index in [-0.39, 0.29) is 12.6 Å². The molecule has 0 aliphatic heterocycles. The highest BCUT2D eigenvalue weighted by molar-refractivity contribution is 7.98. The Hall–Kier alpha value is -2.43. The van der Waals surface area contributed by atoms with Crippen molar-refractivity contribution < 1.29 is 14.6 Å². The second-order valence-electron chi connectivity index (χ2n) is 7.36. The smallest absolute Gasteiger partial charge is 0.328 e. The van der Waals surface area contributed by atoms with Crippen LogP contribution in [0.3, 0.4) is 0 Å². The number of ether oxygens (including phenoxy) is 1. The number of thioether (sulfide) groups is 1. The molecule has 0 fully saturated rings. The van der Waals surface area contributed by atoms with Crippen molar-refractivity contribution >= 4 is 50.4 Å². The molecule has 10 heteroatoms. The normalized spacial score (nSPS) is 12.6. The van der Waals surface area contributed by atoms with Gasteiger partial charge in [-0.2, -0.15) is 4.98 Å². The summed E-state index contributed by atoms with van der Waals surface area (Å²) in [6, 6.07) is 9.54. The van der Waals surface area contributed by atoms with E-state index in [9.17, 15) is 9.90 Å². The lowest BCUT2D eigenvalue weighted by molar-refractivity contribution is -0.141. The van der Waals surface area contributed by atoms with E-state index in [1.807, 2.05) is 32.0 Å². The maximum atomic E-state index is 11.7. The van der Waals surface area contributed by atoms with Gasteiger partial charge in [-0.1, -0.05) is 53.4 Å². The lowest BCUT2D eigenvalue weighted by Crippen LogP contribution is -2.35. The van der Waals surface area contributed by atoms with Gasteiger partial charge in [0.1, 0.15) is 10.7 Å². The molecule has 0 saturated carbocycles. The van der Waals surface area contributed by atoms with Gasteiger partial charge in [-0.05, 0) is 26.3 Å². The molecule has 0 amide bonds. The number of methoxy groups -OCH3 is 1. The summed E-state index contributed by atoms with van der Waals surface area (Å²) in [5.74, 6) is 0.953. The van der Waals surface area contributed by atoms with Gasteiger partial charge in [-0.25, -0.2) is 14.8 Å². The molecule has 0 aliphatic rings. The van der Waals surface area contributed by atoms with Crippen molar-refractivity contribution in [3.8, 4) is 0 Å². The van der Waals surface area contributed by atoms with Crippen LogP contribution in [-0.2, 0) is 15.3 Å². The van der Waals surface area contributed by atoms with Gasteiger partial charge in [-0.15, -0.1) is 0 Å². The highest BCUT2D eigenvalue weighted by Crippen LogP contribution is 2.34. The number of aliphatic hydroxyl groups excluding tert-OH is 1. The van der Waals surface area contributed by atoms with Crippen LogP contribution in [0.1, 0.15) is 26.3 Å². The molecule has 0 spiro atoms. The quantitative estimate of drug-likeness (QED) is 0.258. The molecule has 1 atom stereocenters. The summed E-state index contributed by atoms with van der Waals surface area (Å²) in [6.07, 6.45) is 0. The van der Waals surface area contributed by atoms with E-state index < -0.39 is 11.6 Å². The van der Waals surface area contributed by atoms with Crippen molar-refractivity contribution in [1.82, 2.24) is 15.0 Å². The van der Waals surface area contributed by atoms with Gasteiger partial charge in [0.15, 0.2) is 21.8 Å². The molecule has 8 nitrogen and oxygen atoms in total. The van der Waals surface area contributed by atoms with Gasteiger partial charge in [0.25, 0.3) is 0 Å². The number of nitrogens with one attached hydrogen (secondary N) is 2. The van der Waals surface area contributed by atoms with Gasteiger partial charge in [0.05, 0.1) is 19.3 Å².